The monoisotopic (exact) mass is 331 g/mol. The number of carbonyl (C=O) groups is 2. The van der Waals surface area contributed by atoms with Gasteiger partial charge in [-0.1, -0.05) is 23.7 Å². The average molecular weight is 332 g/mol. The van der Waals surface area contributed by atoms with Crippen molar-refractivity contribution < 1.29 is 18.7 Å². The molecule has 1 heterocycles. The zero-order valence-corrected chi connectivity index (χ0v) is 12.6. The van der Waals surface area contributed by atoms with E-state index >= 15 is 0 Å². The van der Waals surface area contributed by atoms with E-state index in [1.807, 2.05) is 0 Å². The van der Waals surface area contributed by atoms with Crippen molar-refractivity contribution in [2.24, 2.45) is 0 Å². The van der Waals surface area contributed by atoms with E-state index in [0.717, 1.165) is 0 Å². The third-order valence-corrected chi connectivity index (χ3v) is 3.60. The number of nitrogens with one attached hydrogen (secondary N) is 1. The lowest BCUT2D eigenvalue weighted by molar-refractivity contribution is -0.118. The minimum absolute atomic E-state index is 0.0992. The minimum atomic E-state index is -0.355. The molecule has 3 rings (SSSR count). The number of halogens is 2. The molecule has 2 aromatic carbocycles. The molecule has 0 aromatic heterocycles. The molecule has 1 aliphatic heterocycles. The summed E-state index contributed by atoms with van der Waals surface area (Å²) >= 11 is 6.15. The molecule has 23 heavy (non-hydrogen) atoms. The van der Waals surface area contributed by atoms with Gasteiger partial charge in [0.05, 0.1) is 10.7 Å². The fourth-order valence-corrected chi connectivity index (χ4v) is 2.52. The van der Waals surface area contributed by atoms with Gasteiger partial charge in [0, 0.05) is 5.57 Å². The zero-order valence-electron chi connectivity index (χ0n) is 11.8. The number of aldehydes is 1. The summed E-state index contributed by atoms with van der Waals surface area (Å²) in [6, 6.07) is 8.93. The Labute approximate surface area is 136 Å². The quantitative estimate of drug-likeness (QED) is 0.531. The maximum absolute atomic E-state index is 12.9. The van der Waals surface area contributed by atoms with E-state index in [0.29, 0.717) is 39.4 Å². The van der Waals surface area contributed by atoms with Crippen LogP contribution >= 0.6 is 11.6 Å². The molecule has 1 amide bonds. The second kappa shape index (κ2) is 6.22. The van der Waals surface area contributed by atoms with Crippen LogP contribution in [0.2, 0.25) is 5.02 Å². The predicted molar refractivity (Wildman–Crippen MR) is 85.9 cm³/mol. The van der Waals surface area contributed by atoms with Crippen LogP contribution in [0.15, 0.2) is 36.4 Å². The lowest BCUT2D eigenvalue weighted by Gasteiger charge is -2.20. The molecule has 4 nitrogen and oxygen atoms in total. The van der Waals surface area contributed by atoms with Gasteiger partial charge in [0.1, 0.15) is 5.82 Å². The second-order valence-corrected chi connectivity index (χ2v) is 5.35. The third-order valence-electron chi connectivity index (χ3n) is 3.32. The van der Waals surface area contributed by atoms with E-state index in [-0.39, 0.29) is 18.3 Å². The Hall–Kier alpha value is -2.66. The molecule has 0 spiro atoms. The normalized spacial score (nSPS) is 13.8. The van der Waals surface area contributed by atoms with Crippen LogP contribution in [0.25, 0.3) is 11.6 Å². The standard InChI is InChI=1S/C17H11ClFNO3/c18-14-6-11(7-15-17(14)23-9-16(22)20-15)12(8-21)5-10-1-3-13(19)4-2-10/h1-8H,9H2,(H,20,22). The smallest absolute Gasteiger partial charge is 0.262 e. The van der Waals surface area contributed by atoms with Crippen LogP contribution in [-0.4, -0.2) is 18.8 Å². The van der Waals surface area contributed by atoms with E-state index in [9.17, 15) is 14.0 Å². The van der Waals surface area contributed by atoms with Gasteiger partial charge in [-0.05, 0) is 41.5 Å². The first-order chi connectivity index (χ1) is 11.1. The number of rotatable bonds is 3. The van der Waals surface area contributed by atoms with Gasteiger partial charge in [0.15, 0.2) is 18.6 Å². The lowest BCUT2D eigenvalue weighted by Crippen LogP contribution is -2.25. The van der Waals surface area contributed by atoms with Gasteiger partial charge >= 0.3 is 0 Å². The van der Waals surface area contributed by atoms with Crippen LogP contribution < -0.4 is 10.1 Å². The summed E-state index contributed by atoms with van der Waals surface area (Å²) in [5, 5.41) is 2.95. The molecular weight excluding hydrogens is 321 g/mol. The molecule has 0 atom stereocenters. The SMILES string of the molecule is O=CC(=Cc1ccc(F)cc1)c1cc(Cl)c2c(c1)NC(=O)CO2. The Bertz CT molecular complexity index is 815. The van der Waals surface area contributed by atoms with Gasteiger partial charge in [0.25, 0.3) is 5.91 Å². The third kappa shape index (κ3) is 3.24. The predicted octanol–water partition coefficient (Wildman–Crippen LogP) is 3.55. The summed E-state index contributed by atoms with van der Waals surface area (Å²) < 4.78 is 18.2. The molecule has 0 aliphatic carbocycles. The van der Waals surface area contributed by atoms with Gasteiger partial charge in [0.2, 0.25) is 0 Å². The van der Waals surface area contributed by atoms with Crippen LogP contribution in [0.4, 0.5) is 10.1 Å². The molecule has 0 radical (unpaired) electrons. The molecule has 116 valence electrons. The summed E-state index contributed by atoms with van der Waals surface area (Å²) in [7, 11) is 0. The van der Waals surface area contributed by atoms with E-state index in [4.69, 9.17) is 16.3 Å². The number of amides is 1. The van der Waals surface area contributed by atoms with E-state index in [1.54, 1.807) is 30.3 Å². The van der Waals surface area contributed by atoms with Gasteiger partial charge in [-0.15, -0.1) is 0 Å². The van der Waals surface area contributed by atoms with Crippen molar-refractivity contribution in [3.63, 3.8) is 0 Å². The van der Waals surface area contributed by atoms with Crippen molar-refractivity contribution in [1.29, 1.82) is 0 Å². The Morgan fingerprint density at radius 3 is 2.70 bits per heavy atom. The maximum atomic E-state index is 12.9. The summed E-state index contributed by atoms with van der Waals surface area (Å²) in [5.41, 5.74) is 1.96. The number of hydrogen-bond acceptors (Lipinski definition) is 3. The first-order valence-electron chi connectivity index (χ1n) is 6.76. The van der Waals surface area contributed by atoms with Crippen LogP contribution in [0, 0.1) is 5.82 Å². The second-order valence-electron chi connectivity index (χ2n) is 4.94. The molecule has 0 bridgehead atoms. The topological polar surface area (TPSA) is 55.4 Å². The molecule has 0 saturated heterocycles. The maximum Gasteiger partial charge on any atom is 0.262 e. The molecule has 2 aromatic rings. The highest BCUT2D eigenvalue weighted by atomic mass is 35.5. The number of hydrogen-bond donors (Lipinski definition) is 1. The van der Waals surface area contributed by atoms with Gasteiger partial charge < -0.3 is 10.1 Å². The van der Waals surface area contributed by atoms with Crippen molar-refractivity contribution in [2.75, 3.05) is 11.9 Å². The van der Waals surface area contributed by atoms with E-state index < -0.39 is 0 Å². The summed E-state index contributed by atoms with van der Waals surface area (Å²) in [5.74, 6) is -0.269. The van der Waals surface area contributed by atoms with Crippen molar-refractivity contribution in [3.8, 4) is 5.75 Å². The first kappa shape index (κ1) is 15.2. The largest absolute Gasteiger partial charge is 0.480 e. The van der Waals surface area contributed by atoms with Crippen molar-refractivity contribution in [2.45, 2.75) is 0 Å². The Kier molecular flexibility index (Phi) is 4.12. The minimum Gasteiger partial charge on any atom is -0.480 e. The summed E-state index contributed by atoms with van der Waals surface area (Å²) in [4.78, 5) is 22.8. The van der Waals surface area contributed by atoms with E-state index in [2.05, 4.69) is 5.32 Å². The fourth-order valence-electron chi connectivity index (χ4n) is 2.25. The van der Waals surface area contributed by atoms with Gasteiger partial charge in [-0.2, -0.15) is 0 Å². The molecular formula is C17H11ClFNO3. The zero-order chi connectivity index (χ0) is 16.4. The van der Waals surface area contributed by atoms with E-state index in [1.165, 1.54) is 12.1 Å². The molecule has 1 N–H and O–H groups in total. The molecule has 0 saturated carbocycles. The summed E-state index contributed by atoms with van der Waals surface area (Å²) in [6.45, 7) is -0.0992. The highest BCUT2D eigenvalue weighted by molar-refractivity contribution is 6.33. The number of benzene rings is 2. The van der Waals surface area contributed by atoms with Crippen LogP contribution in [0.3, 0.4) is 0 Å². The van der Waals surface area contributed by atoms with Crippen LogP contribution in [0.1, 0.15) is 11.1 Å². The molecule has 0 fully saturated rings. The number of fused-ring (bicyclic) bond motifs is 1. The molecule has 1 aliphatic rings. The number of anilines is 1. The average Bonchev–Trinajstić information content (AvgIpc) is 2.53. The Balaban J connectivity index is 2.03. The van der Waals surface area contributed by atoms with Crippen molar-refractivity contribution in [3.05, 3.63) is 58.4 Å². The number of ether oxygens (including phenoxy) is 1. The first-order valence-corrected chi connectivity index (χ1v) is 7.13. The Morgan fingerprint density at radius 1 is 1.26 bits per heavy atom. The number of allylic oxidation sites excluding steroid dienone is 1. The fraction of sp³-hybridized carbons (Fsp3) is 0.0588. The molecule has 6 heteroatoms. The highest BCUT2D eigenvalue weighted by Gasteiger charge is 2.20. The van der Waals surface area contributed by atoms with Crippen LogP contribution in [0.5, 0.6) is 5.75 Å². The van der Waals surface area contributed by atoms with Gasteiger partial charge in [-0.3, -0.25) is 9.59 Å². The lowest BCUT2D eigenvalue weighted by atomic mass is 10.0. The van der Waals surface area contributed by atoms with Crippen LogP contribution in [-0.2, 0) is 9.59 Å². The van der Waals surface area contributed by atoms with Gasteiger partial charge in [-0.25, -0.2) is 4.39 Å². The molecule has 0 unspecified atom stereocenters. The van der Waals surface area contributed by atoms with Crippen molar-refractivity contribution >= 4 is 41.1 Å². The Morgan fingerprint density at radius 2 is 2.00 bits per heavy atom. The number of carbonyl (C=O) groups excluding carboxylic acids is 2. The summed E-state index contributed by atoms with van der Waals surface area (Å²) in [6.07, 6.45) is 2.28. The van der Waals surface area contributed by atoms with Crippen molar-refractivity contribution in [1.82, 2.24) is 0 Å². The highest BCUT2D eigenvalue weighted by Crippen LogP contribution is 2.38.